The summed E-state index contributed by atoms with van der Waals surface area (Å²) in [4.78, 5) is 13.9. The lowest BCUT2D eigenvalue weighted by Crippen LogP contribution is -2.39. The van der Waals surface area contributed by atoms with Gasteiger partial charge in [0.05, 0.1) is 11.3 Å². The van der Waals surface area contributed by atoms with Crippen LogP contribution in [-0.4, -0.2) is 41.8 Å². The van der Waals surface area contributed by atoms with E-state index in [0.29, 0.717) is 35.8 Å². The third kappa shape index (κ3) is 2.64. The number of nitrogen functional groups attached to an aromatic ring is 1. The number of nitrogens with one attached hydrogen (secondary N) is 1. The predicted octanol–water partition coefficient (Wildman–Crippen LogP) is 0.197. The fourth-order valence-electron chi connectivity index (χ4n) is 2.02. The molecule has 2 rings (SSSR count). The van der Waals surface area contributed by atoms with E-state index in [9.17, 15) is 9.00 Å². The summed E-state index contributed by atoms with van der Waals surface area (Å²) in [6.07, 6.45) is 0. The van der Waals surface area contributed by atoms with Crippen LogP contribution in [0.1, 0.15) is 10.4 Å². The summed E-state index contributed by atoms with van der Waals surface area (Å²) in [5.74, 6) is 1.15. The molecule has 0 radical (unpaired) electrons. The van der Waals surface area contributed by atoms with Crippen molar-refractivity contribution in [3.63, 3.8) is 0 Å². The van der Waals surface area contributed by atoms with Crippen molar-refractivity contribution in [1.29, 1.82) is 0 Å². The van der Waals surface area contributed by atoms with Crippen LogP contribution < -0.4 is 16.0 Å². The van der Waals surface area contributed by atoms with Crippen LogP contribution in [0.2, 0.25) is 0 Å². The second-order valence-electron chi connectivity index (χ2n) is 4.19. The summed E-state index contributed by atoms with van der Waals surface area (Å²) in [7, 11) is 0.872. The number of benzene rings is 1. The highest BCUT2D eigenvalue weighted by Crippen LogP contribution is 2.24. The summed E-state index contributed by atoms with van der Waals surface area (Å²) in [6.45, 7) is 1.39. The lowest BCUT2D eigenvalue weighted by Gasteiger charge is -2.30. The van der Waals surface area contributed by atoms with E-state index in [4.69, 9.17) is 5.73 Å². The molecule has 0 spiro atoms. The van der Waals surface area contributed by atoms with Gasteiger partial charge >= 0.3 is 0 Å². The van der Waals surface area contributed by atoms with Crippen LogP contribution in [0.25, 0.3) is 0 Å². The van der Waals surface area contributed by atoms with E-state index >= 15 is 0 Å². The zero-order chi connectivity index (χ0) is 13.1. The van der Waals surface area contributed by atoms with Crippen LogP contribution in [0.4, 0.5) is 11.4 Å². The molecule has 0 atom stereocenters. The molecule has 1 aromatic carbocycles. The molecule has 0 saturated carbocycles. The Morgan fingerprint density at radius 3 is 2.67 bits per heavy atom. The van der Waals surface area contributed by atoms with E-state index in [0.717, 1.165) is 5.69 Å². The normalized spacial score (nSPS) is 16.6. The van der Waals surface area contributed by atoms with Gasteiger partial charge in [-0.05, 0) is 18.2 Å². The fraction of sp³-hybridized carbons (Fsp3) is 0.417. The SMILES string of the molecule is CNC(=O)c1ccc(N)cc1N1CCS(=O)CC1. The zero-order valence-electron chi connectivity index (χ0n) is 10.3. The van der Waals surface area contributed by atoms with Gasteiger partial charge in [-0.15, -0.1) is 0 Å². The van der Waals surface area contributed by atoms with Crippen LogP contribution in [-0.2, 0) is 10.8 Å². The number of nitrogens with two attached hydrogens (primary N) is 1. The van der Waals surface area contributed by atoms with E-state index < -0.39 is 10.8 Å². The van der Waals surface area contributed by atoms with Crippen LogP contribution in [0, 0.1) is 0 Å². The second-order valence-corrected chi connectivity index (χ2v) is 5.89. The molecule has 18 heavy (non-hydrogen) atoms. The average Bonchev–Trinajstić information content (AvgIpc) is 2.38. The number of hydrogen-bond acceptors (Lipinski definition) is 4. The quantitative estimate of drug-likeness (QED) is 0.750. The maximum absolute atomic E-state index is 11.8. The largest absolute Gasteiger partial charge is 0.399 e. The monoisotopic (exact) mass is 267 g/mol. The minimum Gasteiger partial charge on any atom is -0.399 e. The van der Waals surface area contributed by atoms with Crippen molar-refractivity contribution in [3.05, 3.63) is 23.8 Å². The standard InChI is InChI=1S/C12H17N3O2S/c1-14-12(16)10-3-2-9(13)8-11(10)15-4-6-18(17)7-5-15/h2-3,8H,4-7,13H2,1H3,(H,14,16). The topological polar surface area (TPSA) is 75.4 Å². The van der Waals surface area contributed by atoms with Crippen LogP contribution in [0.3, 0.4) is 0 Å². The lowest BCUT2D eigenvalue weighted by atomic mass is 10.1. The summed E-state index contributed by atoms with van der Waals surface area (Å²) < 4.78 is 11.4. The lowest BCUT2D eigenvalue weighted by molar-refractivity contribution is 0.0963. The maximum atomic E-state index is 11.8. The first-order valence-electron chi connectivity index (χ1n) is 5.83. The average molecular weight is 267 g/mol. The highest BCUT2D eigenvalue weighted by Gasteiger charge is 2.20. The number of amides is 1. The molecule has 0 aliphatic carbocycles. The minimum absolute atomic E-state index is 0.128. The fourth-order valence-corrected chi connectivity index (χ4v) is 3.07. The number of hydrogen-bond donors (Lipinski definition) is 2. The molecule has 1 aromatic rings. The molecule has 0 bridgehead atoms. The van der Waals surface area contributed by atoms with Crippen molar-refractivity contribution < 1.29 is 9.00 Å². The highest BCUT2D eigenvalue weighted by atomic mass is 32.2. The van der Waals surface area contributed by atoms with E-state index in [1.807, 2.05) is 0 Å². The van der Waals surface area contributed by atoms with Crippen molar-refractivity contribution in [2.75, 3.05) is 42.3 Å². The first-order chi connectivity index (χ1) is 8.61. The van der Waals surface area contributed by atoms with Crippen molar-refractivity contribution in [2.45, 2.75) is 0 Å². The molecule has 0 unspecified atom stereocenters. The second kappa shape index (κ2) is 5.39. The summed E-state index contributed by atoms with van der Waals surface area (Å²) in [5.41, 5.74) is 7.85. The van der Waals surface area contributed by atoms with E-state index in [1.54, 1.807) is 25.2 Å². The van der Waals surface area contributed by atoms with Crippen LogP contribution >= 0.6 is 0 Å². The predicted molar refractivity (Wildman–Crippen MR) is 74.3 cm³/mol. The smallest absolute Gasteiger partial charge is 0.253 e. The maximum Gasteiger partial charge on any atom is 0.253 e. The molecular weight excluding hydrogens is 250 g/mol. The van der Waals surface area contributed by atoms with Crippen molar-refractivity contribution in [1.82, 2.24) is 5.32 Å². The molecule has 1 amide bonds. The number of carbonyl (C=O) groups is 1. The number of rotatable bonds is 2. The summed E-state index contributed by atoms with van der Waals surface area (Å²) in [5, 5.41) is 2.62. The van der Waals surface area contributed by atoms with E-state index in [2.05, 4.69) is 10.2 Å². The molecule has 5 nitrogen and oxygen atoms in total. The molecular formula is C12H17N3O2S. The summed E-state index contributed by atoms with van der Waals surface area (Å²) >= 11 is 0. The molecule has 1 fully saturated rings. The minimum atomic E-state index is -0.733. The Morgan fingerprint density at radius 2 is 2.06 bits per heavy atom. The molecule has 6 heteroatoms. The van der Waals surface area contributed by atoms with E-state index in [-0.39, 0.29) is 5.91 Å². The molecule has 1 aliphatic rings. The van der Waals surface area contributed by atoms with Gasteiger partial charge in [-0.3, -0.25) is 9.00 Å². The van der Waals surface area contributed by atoms with Gasteiger partial charge in [0, 0.05) is 48.1 Å². The Bertz CT molecular complexity index is 480. The van der Waals surface area contributed by atoms with Crippen molar-refractivity contribution in [3.8, 4) is 0 Å². The van der Waals surface area contributed by atoms with Gasteiger partial charge in [0.1, 0.15) is 0 Å². The van der Waals surface area contributed by atoms with Crippen molar-refractivity contribution >= 4 is 28.1 Å². The third-order valence-corrected chi connectivity index (χ3v) is 4.29. The molecule has 0 aromatic heterocycles. The third-order valence-electron chi connectivity index (χ3n) is 3.01. The van der Waals surface area contributed by atoms with E-state index in [1.165, 1.54) is 0 Å². The Labute approximate surface area is 109 Å². The Morgan fingerprint density at radius 1 is 1.39 bits per heavy atom. The first-order valence-corrected chi connectivity index (χ1v) is 7.32. The molecule has 1 saturated heterocycles. The number of anilines is 2. The van der Waals surface area contributed by atoms with Gasteiger partial charge in [0.2, 0.25) is 0 Å². The van der Waals surface area contributed by atoms with Crippen molar-refractivity contribution in [2.24, 2.45) is 0 Å². The van der Waals surface area contributed by atoms with Gasteiger partial charge in [0.25, 0.3) is 5.91 Å². The number of nitrogens with zero attached hydrogens (tertiary/aromatic N) is 1. The Kier molecular flexibility index (Phi) is 3.86. The van der Waals surface area contributed by atoms with Crippen LogP contribution in [0.5, 0.6) is 0 Å². The van der Waals surface area contributed by atoms with Gasteiger partial charge < -0.3 is 16.0 Å². The molecule has 1 aliphatic heterocycles. The molecule has 3 N–H and O–H groups in total. The van der Waals surface area contributed by atoms with Gasteiger partial charge in [0.15, 0.2) is 0 Å². The Balaban J connectivity index is 2.32. The summed E-state index contributed by atoms with van der Waals surface area (Å²) in [6, 6.07) is 5.25. The molecule has 1 heterocycles. The Hall–Kier alpha value is -1.56. The van der Waals surface area contributed by atoms with Gasteiger partial charge in [-0.1, -0.05) is 0 Å². The van der Waals surface area contributed by atoms with Gasteiger partial charge in [-0.25, -0.2) is 0 Å². The highest BCUT2D eigenvalue weighted by molar-refractivity contribution is 7.85. The zero-order valence-corrected chi connectivity index (χ0v) is 11.1. The molecule has 98 valence electrons. The number of carbonyl (C=O) groups excluding carboxylic acids is 1. The van der Waals surface area contributed by atoms with Gasteiger partial charge in [-0.2, -0.15) is 0 Å². The first kappa shape index (κ1) is 12.9. The van der Waals surface area contributed by atoms with Crippen LogP contribution in [0.15, 0.2) is 18.2 Å².